The van der Waals surface area contributed by atoms with E-state index in [1.165, 1.54) is 18.3 Å². The number of hydrogen-bond donors (Lipinski definition) is 1. The van der Waals surface area contributed by atoms with E-state index >= 15 is 0 Å². The molecule has 0 unspecified atom stereocenters. The molecule has 0 aliphatic rings. The molecule has 230 valence electrons. The molecule has 0 fully saturated rings. The number of carbonyl (C=O) groups is 1. The van der Waals surface area contributed by atoms with Gasteiger partial charge in [-0.3, -0.25) is 19.7 Å². The van der Waals surface area contributed by atoms with Gasteiger partial charge in [0.05, 0.1) is 28.6 Å². The number of nitrogens with one attached hydrogen (secondary N) is 1. The molecule has 6 rings (SSSR count). The van der Waals surface area contributed by atoms with E-state index in [1.54, 1.807) is 85.8 Å². The number of ether oxygens (including phenoxy) is 2. The molecule has 13 heteroatoms. The molecule has 0 radical (unpaired) electrons. The Balaban J connectivity index is 1.39. The van der Waals surface area contributed by atoms with Gasteiger partial charge in [-0.25, -0.2) is 4.98 Å². The third-order valence-electron chi connectivity index (χ3n) is 6.73. The highest BCUT2D eigenvalue weighted by Gasteiger charge is 2.24. The molecular weight excluding hydrogens is 614 g/mol. The highest BCUT2D eigenvalue weighted by atomic mass is 35.5. The number of carbonyl (C=O) groups excluding carboxylic acids is 1. The minimum Gasteiger partial charge on any atom is -0.490 e. The highest BCUT2D eigenvalue weighted by molar-refractivity contribution is 6.31. The lowest BCUT2D eigenvalue weighted by Crippen LogP contribution is -2.21. The van der Waals surface area contributed by atoms with Crippen LogP contribution in [0.3, 0.4) is 0 Å². The Labute approximate surface area is 265 Å². The van der Waals surface area contributed by atoms with Gasteiger partial charge in [-0.05, 0) is 61.5 Å². The largest absolute Gasteiger partial charge is 0.490 e. The van der Waals surface area contributed by atoms with E-state index in [0.29, 0.717) is 32.6 Å². The molecule has 0 saturated carbocycles. The maximum atomic E-state index is 13.6. The molecule has 2 aromatic heterocycles. The van der Waals surface area contributed by atoms with Crippen LogP contribution in [0, 0.1) is 10.1 Å². The molecule has 0 saturated heterocycles. The van der Waals surface area contributed by atoms with Gasteiger partial charge >= 0.3 is 5.69 Å². The third-order valence-corrected chi connectivity index (χ3v) is 6.97. The summed E-state index contributed by atoms with van der Waals surface area (Å²) in [5, 5.41) is 20.7. The number of anilines is 1. The zero-order chi connectivity index (χ0) is 32.2. The van der Waals surface area contributed by atoms with Gasteiger partial charge in [0, 0.05) is 27.7 Å². The first kappa shape index (κ1) is 30.0. The fourth-order valence-corrected chi connectivity index (χ4v) is 4.90. The molecule has 0 aliphatic heterocycles. The number of nitro benzene ring substituents is 1. The Bertz CT molecular complexity index is 2190. The molecule has 4 aromatic carbocycles. The second-order valence-electron chi connectivity index (χ2n) is 9.87. The van der Waals surface area contributed by atoms with E-state index in [4.69, 9.17) is 25.5 Å². The van der Waals surface area contributed by atoms with Crippen molar-refractivity contribution in [1.29, 1.82) is 0 Å². The zero-order valence-corrected chi connectivity index (χ0v) is 24.9. The molecule has 1 N–H and O–H groups in total. The van der Waals surface area contributed by atoms with Crippen molar-refractivity contribution in [3.63, 3.8) is 0 Å². The lowest BCUT2D eigenvalue weighted by molar-refractivity contribution is -0.385. The Hall–Kier alpha value is -6.01. The first-order chi connectivity index (χ1) is 22.3. The monoisotopic (exact) mass is 637 g/mol. The van der Waals surface area contributed by atoms with Crippen LogP contribution in [0.15, 0.2) is 105 Å². The summed E-state index contributed by atoms with van der Waals surface area (Å²) in [4.78, 5) is 42.3. The van der Waals surface area contributed by atoms with Crippen molar-refractivity contribution in [3.8, 4) is 23.1 Å². The Morgan fingerprint density at radius 1 is 1.07 bits per heavy atom. The fourth-order valence-electron chi connectivity index (χ4n) is 4.72. The summed E-state index contributed by atoms with van der Waals surface area (Å²) in [6.45, 7) is 1.34. The smallest absolute Gasteiger partial charge is 0.315 e. The van der Waals surface area contributed by atoms with Crippen LogP contribution in [0.25, 0.3) is 33.5 Å². The molecular formula is C33H24ClN5O7. The molecule has 0 spiro atoms. The lowest BCUT2D eigenvalue weighted by atomic mass is 10.2. The molecule has 0 aliphatic carbocycles. The number of rotatable bonds is 10. The topological polar surface area (TPSA) is 151 Å². The first-order valence-corrected chi connectivity index (χ1v) is 14.4. The zero-order valence-electron chi connectivity index (χ0n) is 24.2. The normalized spacial score (nSPS) is 11.3. The van der Waals surface area contributed by atoms with E-state index in [-0.39, 0.29) is 35.3 Å². The Morgan fingerprint density at radius 3 is 2.63 bits per heavy atom. The van der Waals surface area contributed by atoms with Gasteiger partial charge in [-0.15, -0.1) is 0 Å². The summed E-state index contributed by atoms with van der Waals surface area (Å²) in [5.41, 5.74) is 0.782. The summed E-state index contributed by atoms with van der Waals surface area (Å²) >= 11 is 6.15. The maximum Gasteiger partial charge on any atom is 0.315 e. The second-order valence-corrected chi connectivity index (χ2v) is 10.3. The number of fused-ring (bicyclic) bond motifs is 2. The summed E-state index contributed by atoms with van der Waals surface area (Å²) in [6.07, 6.45) is 1.27. The quantitative estimate of drug-likeness (QED) is 0.0993. The van der Waals surface area contributed by atoms with Crippen molar-refractivity contribution in [2.75, 3.05) is 18.5 Å². The Kier molecular flexibility index (Phi) is 8.44. The van der Waals surface area contributed by atoms with Crippen LogP contribution in [0.1, 0.15) is 12.5 Å². The summed E-state index contributed by atoms with van der Waals surface area (Å²) in [5.74, 6) is -0.355. The average molecular weight is 638 g/mol. The molecule has 2 heterocycles. The van der Waals surface area contributed by atoms with Crippen LogP contribution in [0.4, 0.5) is 11.4 Å². The number of nitro groups is 1. The summed E-state index contributed by atoms with van der Waals surface area (Å²) in [6, 6.07) is 25.0. The molecule has 6 aromatic rings. The third kappa shape index (κ3) is 6.28. The van der Waals surface area contributed by atoms with Crippen molar-refractivity contribution < 1.29 is 23.6 Å². The van der Waals surface area contributed by atoms with Gasteiger partial charge in [0.25, 0.3) is 11.5 Å². The van der Waals surface area contributed by atoms with E-state index in [9.17, 15) is 19.7 Å². The number of benzene rings is 4. The van der Waals surface area contributed by atoms with Gasteiger partial charge in [-0.2, -0.15) is 9.78 Å². The van der Waals surface area contributed by atoms with Crippen molar-refractivity contribution in [2.45, 2.75) is 6.92 Å². The standard InChI is InChI=1S/C33H24ClN5O7/c1-2-44-28-15-20(14-26(39(42)43)31(28)45-19-30(40)36-23-8-4-3-5-9-23)18-35-38-32(37-25-11-7-6-10-24(25)33(38)41)29-17-21-16-22(34)12-13-27(21)46-29/h3-18H,2,19H2,1H3,(H,36,40). The number of nitrogens with zero attached hydrogens (tertiary/aromatic N) is 4. The maximum absolute atomic E-state index is 13.6. The van der Waals surface area contributed by atoms with E-state index in [1.807, 2.05) is 0 Å². The van der Waals surface area contributed by atoms with Crippen LogP contribution in [-0.4, -0.2) is 39.9 Å². The van der Waals surface area contributed by atoms with Crippen LogP contribution >= 0.6 is 11.6 Å². The summed E-state index contributed by atoms with van der Waals surface area (Å²) in [7, 11) is 0. The number of hydrogen-bond acceptors (Lipinski definition) is 9. The summed E-state index contributed by atoms with van der Waals surface area (Å²) < 4.78 is 18.3. The van der Waals surface area contributed by atoms with Gasteiger partial charge in [0.2, 0.25) is 11.6 Å². The number of aromatic nitrogens is 2. The van der Waals surface area contributed by atoms with Gasteiger partial charge in [0.15, 0.2) is 18.1 Å². The lowest BCUT2D eigenvalue weighted by Gasteiger charge is -2.13. The minimum absolute atomic E-state index is 0.0176. The van der Waals surface area contributed by atoms with Crippen molar-refractivity contribution in [1.82, 2.24) is 9.66 Å². The van der Waals surface area contributed by atoms with Crippen LogP contribution in [0.2, 0.25) is 5.02 Å². The number of furan rings is 1. The molecule has 46 heavy (non-hydrogen) atoms. The predicted octanol–water partition coefficient (Wildman–Crippen LogP) is 6.67. The second kappa shape index (κ2) is 12.9. The number of halogens is 1. The predicted molar refractivity (Wildman–Crippen MR) is 174 cm³/mol. The average Bonchev–Trinajstić information content (AvgIpc) is 3.47. The van der Waals surface area contributed by atoms with Gasteiger partial charge in [-0.1, -0.05) is 41.9 Å². The van der Waals surface area contributed by atoms with Gasteiger partial charge < -0.3 is 19.2 Å². The molecule has 12 nitrogen and oxygen atoms in total. The van der Waals surface area contributed by atoms with E-state index in [0.717, 1.165) is 4.68 Å². The molecule has 0 atom stereocenters. The van der Waals surface area contributed by atoms with Crippen molar-refractivity contribution in [3.05, 3.63) is 122 Å². The molecule has 0 bridgehead atoms. The van der Waals surface area contributed by atoms with Crippen LogP contribution < -0.4 is 20.3 Å². The number of para-hydroxylation sites is 2. The fraction of sp³-hybridized carbons (Fsp3) is 0.0909. The van der Waals surface area contributed by atoms with Crippen LogP contribution in [-0.2, 0) is 4.79 Å². The van der Waals surface area contributed by atoms with Crippen molar-refractivity contribution in [2.24, 2.45) is 5.10 Å². The van der Waals surface area contributed by atoms with E-state index < -0.39 is 28.7 Å². The van der Waals surface area contributed by atoms with Gasteiger partial charge in [0.1, 0.15) is 5.58 Å². The number of amides is 1. The van der Waals surface area contributed by atoms with E-state index in [2.05, 4.69) is 15.4 Å². The SMILES string of the molecule is CCOc1cc(C=Nn2c(-c3cc4cc(Cl)ccc4o3)nc3ccccc3c2=O)cc([N+](=O)[O-])c1OCC(=O)Nc1ccccc1. The minimum atomic E-state index is -0.654. The van der Waals surface area contributed by atoms with Crippen molar-refractivity contribution >= 4 is 57.0 Å². The molecule has 1 amide bonds. The van der Waals surface area contributed by atoms with Crippen LogP contribution in [0.5, 0.6) is 11.5 Å². The Morgan fingerprint density at radius 2 is 1.85 bits per heavy atom. The highest BCUT2D eigenvalue weighted by Crippen LogP contribution is 2.38. The first-order valence-electron chi connectivity index (χ1n) is 14.0.